The average Bonchev–Trinajstić information content (AvgIpc) is 2.95. The van der Waals surface area contributed by atoms with Crippen LogP contribution in [0.3, 0.4) is 0 Å². The van der Waals surface area contributed by atoms with Crippen LogP contribution in [-0.2, 0) is 0 Å². The number of nitrogens with two attached hydrogens (primary N) is 1. The minimum absolute atomic E-state index is 0.197. The van der Waals surface area contributed by atoms with E-state index in [1.807, 2.05) is 25.1 Å². The number of aliphatic hydroxyl groups excluding tert-OH is 1. The fourth-order valence-electron chi connectivity index (χ4n) is 1.85. The van der Waals surface area contributed by atoms with Gasteiger partial charge in [-0.25, -0.2) is 0 Å². The van der Waals surface area contributed by atoms with Crippen molar-refractivity contribution in [2.75, 3.05) is 32.6 Å². The zero-order chi connectivity index (χ0) is 15.1. The second kappa shape index (κ2) is 7.96. The Morgan fingerprint density at radius 3 is 3.00 bits per heavy atom. The number of hydrogen-bond acceptors (Lipinski definition) is 6. The summed E-state index contributed by atoms with van der Waals surface area (Å²) in [5.41, 5.74) is 1.96. The van der Waals surface area contributed by atoms with Gasteiger partial charge >= 0.3 is 0 Å². The van der Waals surface area contributed by atoms with E-state index in [2.05, 4.69) is 20.8 Å². The van der Waals surface area contributed by atoms with Crippen LogP contribution in [0.2, 0.25) is 0 Å². The zero-order valence-corrected chi connectivity index (χ0v) is 13.0. The third kappa shape index (κ3) is 4.16. The molecule has 0 aliphatic heterocycles. The minimum atomic E-state index is 0.197. The number of thioether (sulfide) groups is 1. The van der Waals surface area contributed by atoms with Crippen molar-refractivity contribution in [2.45, 2.75) is 12.1 Å². The van der Waals surface area contributed by atoms with E-state index >= 15 is 0 Å². The summed E-state index contributed by atoms with van der Waals surface area (Å²) in [6.07, 6.45) is 0. The Hall–Kier alpha value is -1.64. The van der Waals surface area contributed by atoms with E-state index in [9.17, 15) is 0 Å². The van der Waals surface area contributed by atoms with E-state index in [-0.39, 0.29) is 6.61 Å². The van der Waals surface area contributed by atoms with Gasteiger partial charge in [0.15, 0.2) is 0 Å². The van der Waals surface area contributed by atoms with E-state index in [0.29, 0.717) is 0 Å². The molecule has 0 bridgehead atoms. The molecule has 2 aromatic rings. The number of quaternary nitrogens is 1. The number of tetrazole rings is 1. The van der Waals surface area contributed by atoms with E-state index in [4.69, 9.17) is 9.84 Å². The van der Waals surface area contributed by atoms with Crippen molar-refractivity contribution < 1.29 is 15.2 Å². The van der Waals surface area contributed by atoms with Crippen molar-refractivity contribution in [1.82, 2.24) is 20.2 Å². The number of hydrogen-bond donors (Lipinski definition) is 2. The van der Waals surface area contributed by atoms with Crippen molar-refractivity contribution in [3.63, 3.8) is 0 Å². The van der Waals surface area contributed by atoms with E-state index < -0.39 is 0 Å². The molecule has 0 amide bonds. The molecule has 114 valence electrons. The second-order valence-corrected chi connectivity index (χ2v) is 5.55. The van der Waals surface area contributed by atoms with Gasteiger partial charge in [-0.15, -0.1) is 5.10 Å². The Balaban J connectivity index is 2.11. The molecule has 21 heavy (non-hydrogen) atoms. The Bertz CT molecular complexity index is 575. The molecule has 1 aromatic heterocycles. The van der Waals surface area contributed by atoms with Gasteiger partial charge in [-0.2, -0.15) is 4.68 Å². The fourth-order valence-corrected chi connectivity index (χ4v) is 2.67. The molecule has 2 rings (SSSR count). The van der Waals surface area contributed by atoms with E-state index in [1.165, 1.54) is 0 Å². The first-order valence-corrected chi connectivity index (χ1v) is 7.73. The number of rotatable bonds is 8. The molecule has 0 saturated carbocycles. The lowest BCUT2D eigenvalue weighted by molar-refractivity contribution is -0.651. The highest BCUT2D eigenvalue weighted by Gasteiger charge is 2.13. The minimum Gasteiger partial charge on any atom is -0.494 e. The van der Waals surface area contributed by atoms with Gasteiger partial charge in [0, 0.05) is 0 Å². The molecule has 0 spiro atoms. The molecule has 0 saturated heterocycles. The van der Waals surface area contributed by atoms with E-state index in [1.54, 1.807) is 23.6 Å². The van der Waals surface area contributed by atoms with Gasteiger partial charge in [0.05, 0.1) is 32.6 Å². The fraction of sp³-hybridized carbons (Fsp3) is 0.462. The molecule has 0 unspecified atom stereocenters. The van der Waals surface area contributed by atoms with Crippen LogP contribution in [0, 0.1) is 6.92 Å². The Kier molecular flexibility index (Phi) is 5.97. The standard InChI is InChI=1S/C13H19N5O2S/c1-10-3-4-12(20-2)11(9-10)18-13(15-16-17-18)21-8-6-14-5-7-19/h3-4,9,14,19H,5-8H2,1-2H3/p+1. The SMILES string of the molecule is COc1ccc(C)cc1-n1nnnc1SCC[NH2+]CCO. The second-order valence-electron chi connectivity index (χ2n) is 4.49. The largest absolute Gasteiger partial charge is 0.494 e. The van der Waals surface area contributed by atoms with Gasteiger partial charge in [-0.1, -0.05) is 17.8 Å². The van der Waals surface area contributed by atoms with Crippen molar-refractivity contribution >= 4 is 11.8 Å². The molecule has 0 fully saturated rings. The lowest BCUT2D eigenvalue weighted by Gasteiger charge is -2.10. The molecule has 0 radical (unpaired) electrons. The van der Waals surface area contributed by atoms with Crippen LogP contribution in [-0.4, -0.2) is 57.9 Å². The number of nitrogens with zero attached hydrogens (tertiary/aromatic N) is 4. The number of ether oxygens (including phenoxy) is 1. The molecule has 0 atom stereocenters. The van der Waals surface area contributed by atoms with Crippen molar-refractivity contribution in [2.24, 2.45) is 0 Å². The lowest BCUT2D eigenvalue weighted by Crippen LogP contribution is -2.85. The molecule has 8 heteroatoms. The highest BCUT2D eigenvalue weighted by Crippen LogP contribution is 2.26. The van der Waals surface area contributed by atoms with Crippen LogP contribution >= 0.6 is 11.8 Å². The third-order valence-electron chi connectivity index (χ3n) is 2.89. The van der Waals surface area contributed by atoms with Crippen molar-refractivity contribution in [3.8, 4) is 11.4 Å². The number of benzene rings is 1. The van der Waals surface area contributed by atoms with Crippen LogP contribution in [0.15, 0.2) is 23.4 Å². The van der Waals surface area contributed by atoms with Crippen LogP contribution in [0.25, 0.3) is 5.69 Å². The molecular weight excluding hydrogens is 290 g/mol. The summed E-state index contributed by atoms with van der Waals surface area (Å²) < 4.78 is 7.07. The Morgan fingerprint density at radius 1 is 1.38 bits per heavy atom. The van der Waals surface area contributed by atoms with Gasteiger partial charge in [-0.05, 0) is 35.0 Å². The summed E-state index contributed by atoms with van der Waals surface area (Å²) in [7, 11) is 1.63. The normalized spacial score (nSPS) is 10.8. The maximum Gasteiger partial charge on any atom is 0.214 e. The first-order valence-electron chi connectivity index (χ1n) is 6.75. The molecular formula is C13H20N5O2S+. The maximum absolute atomic E-state index is 8.74. The van der Waals surface area contributed by atoms with Crippen LogP contribution in [0.1, 0.15) is 5.56 Å². The van der Waals surface area contributed by atoms with Crippen LogP contribution in [0.4, 0.5) is 0 Å². The van der Waals surface area contributed by atoms with Gasteiger partial charge in [0.1, 0.15) is 11.4 Å². The maximum atomic E-state index is 8.74. The molecule has 0 aliphatic rings. The summed E-state index contributed by atoms with van der Waals surface area (Å²) in [5.74, 6) is 1.61. The number of methoxy groups -OCH3 is 1. The number of aromatic nitrogens is 4. The summed E-state index contributed by atoms with van der Waals surface area (Å²) >= 11 is 1.58. The van der Waals surface area contributed by atoms with E-state index in [0.717, 1.165) is 41.0 Å². The summed E-state index contributed by atoms with van der Waals surface area (Å²) in [5, 5.41) is 23.4. The monoisotopic (exact) mass is 310 g/mol. The third-order valence-corrected chi connectivity index (χ3v) is 3.84. The summed E-state index contributed by atoms with van der Waals surface area (Å²) in [6.45, 7) is 3.84. The summed E-state index contributed by atoms with van der Waals surface area (Å²) in [4.78, 5) is 0. The van der Waals surface area contributed by atoms with Gasteiger partial charge in [0.25, 0.3) is 0 Å². The lowest BCUT2D eigenvalue weighted by atomic mass is 10.2. The smallest absolute Gasteiger partial charge is 0.214 e. The zero-order valence-electron chi connectivity index (χ0n) is 12.2. The average molecular weight is 310 g/mol. The predicted molar refractivity (Wildman–Crippen MR) is 79.9 cm³/mol. The number of aryl methyl sites for hydroxylation is 1. The number of aliphatic hydroxyl groups is 1. The molecule has 1 heterocycles. The predicted octanol–water partition coefficient (Wildman–Crippen LogP) is -0.373. The first-order chi connectivity index (χ1) is 10.3. The molecule has 0 aliphatic carbocycles. The highest BCUT2D eigenvalue weighted by molar-refractivity contribution is 7.99. The van der Waals surface area contributed by atoms with Crippen LogP contribution in [0.5, 0.6) is 5.75 Å². The van der Waals surface area contributed by atoms with Crippen molar-refractivity contribution in [3.05, 3.63) is 23.8 Å². The Morgan fingerprint density at radius 2 is 2.24 bits per heavy atom. The van der Waals surface area contributed by atoms with Gasteiger partial charge in [0.2, 0.25) is 5.16 Å². The van der Waals surface area contributed by atoms with Crippen molar-refractivity contribution in [1.29, 1.82) is 0 Å². The quantitative estimate of drug-likeness (QED) is 0.511. The first kappa shape index (κ1) is 15.7. The molecule has 3 N–H and O–H groups in total. The van der Waals surface area contributed by atoms with Gasteiger partial charge in [-0.3, -0.25) is 0 Å². The van der Waals surface area contributed by atoms with Crippen LogP contribution < -0.4 is 10.1 Å². The molecule has 7 nitrogen and oxygen atoms in total. The van der Waals surface area contributed by atoms with Gasteiger partial charge < -0.3 is 15.2 Å². The molecule has 1 aromatic carbocycles. The highest BCUT2D eigenvalue weighted by atomic mass is 32.2. The summed E-state index contributed by atoms with van der Waals surface area (Å²) in [6, 6.07) is 5.90. The Labute approximate surface area is 127 Å². The topological polar surface area (TPSA) is 89.7 Å².